The Labute approximate surface area is 77.7 Å². The summed E-state index contributed by atoms with van der Waals surface area (Å²) in [6.07, 6.45) is 0. The van der Waals surface area contributed by atoms with Gasteiger partial charge in [-0.3, -0.25) is 9.59 Å². The van der Waals surface area contributed by atoms with Crippen molar-refractivity contribution in [2.75, 3.05) is 26.2 Å². The molecule has 5 heteroatoms. The van der Waals surface area contributed by atoms with Crippen LogP contribution >= 0.6 is 0 Å². The lowest BCUT2D eigenvalue weighted by atomic mass is 10.4. The number of amides is 2. The molecule has 0 heterocycles. The van der Waals surface area contributed by atoms with Crippen molar-refractivity contribution in [1.82, 2.24) is 10.2 Å². The molecule has 0 spiro atoms. The zero-order valence-electron chi connectivity index (χ0n) is 8.04. The molecule has 0 saturated heterocycles. The summed E-state index contributed by atoms with van der Waals surface area (Å²) in [6.45, 7) is 4.43. The van der Waals surface area contributed by atoms with Gasteiger partial charge in [-0.2, -0.15) is 0 Å². The molecular formula is C8H16N2O3. The minimum absolute atomic E-state index is 0.126. The maximum atomic E-state index is 11.3. The Morgan fingerprint density at radius 2 is 2.00 bits per heavy atom. The van der Waals surface area contributed by atoms with E-state index < -0.39 is 11.8 Å². The van der Waals surface area contributed by atoms with Gasteiger partial charge in [-0.25, -0.2) is 0 Å². The highest BCUT2D eigenvalue weighted by Crippen LogP contribution is 1.88. The van der Waals surface area contributed by atoms with Gasteiger partial charge in [-0.15, -0.1) is 0 Å². The van der Waals surface area contributed by atoms with E-state index in [1.165, 1.54) is 4.90 Å². The molecule has 0 aromatic rings. The van der Waals surface area contributed by atoms with E-state index in [0.29, 0.717) is 13.1 Å². The van der Waals surface area contributed by atoms with Gasteiger partial charge in [0.1, 0.15) is 0 Å². The molecule has 0 aromatic carbocycles. The molecule has 2 N–H and O–H groups in total. The van der Waals surface area contributed by atoms with Crippen LogP contribution in [0, 0.1) is 0 Å². The number of carbonyl (C=O) groups excluding carboxylic acids is 2. The highest BCUT2D eigenvalue weighted by molar-refractivity contribution is 6.34. The first-order chi connectivity index (χ1) is 6.17. The van der Waals surface area contributed by atoms with E-state index in [1.54, 1.807) is 13.8 Å². The molecule has 0 fully saturated rings. The van der Waals surface area contributed by atoms with E-state index in [4.69, 9.17) is 5.11 Å². The normalized spacial score (nSPS) is 9.46. The zero-order chi connectivity index (χ0) is 10.3. The molecule has 0 bridgehead atoms. The van der Waals surface area contributed by atoms with Crippen molar-refractivity contribution in [3.8, 4) is 0 Å². The summed E-state index contributed by atoms with van der Waals surface area (Å²) in [4.78, 5) is 23.6. The number of carbonyl (C=O) groups is 2. The molecule has 0 aliphatic rings. The molecular weight excluding hydrogens is 172 g/mol. The first-order valence-electron chi connectivity index (χ1n) is 4.35. The Balaban J connectivity index is 4.11. The van der Waals surface area contributed by atoms with Crippen molar-refractivity contribution in [2.24, 2.45) is 0 Å². The van der Waals surface area contributed by atoms with Crippen LogP contribution in [0.25, 0.3) is 0 Å². The summed E-state index contributed by atoms with van der Waals surface area (Å²) in [5.41, 5.74) is 0. The molecule has 0 aliphatic carbocycles. The fourth-order valence-electron chi connectivity index (χ4n) is 0.904. The fraction of sp³-hybridized carbons (Fsp3) is 0.750. The van der Waals surface area contributed by atoms with Crippen LogP contribution in [0.2, 0.25) is 0 Å². The minimum atomic E-state index is -0.613. The predicted molar refractivity (Wildman–Crippen MR) is 48.0 cm³/mol. The van der Waals surface area contributed by atoms with E-state index in [9.17, 15) is 9.59 Å². The van der Waals surface area contributed by atoms with E-state index >= 15 is 0 Å². The number of aliphatic hydroxyl groups excluding tert-OH is 1. The van der Waals surface area contributed by atoms with Gasteiger partial charge in [-0.1, -0.05) is 0 Å². The highest BCUT2D eigenvalue weighted by Gasteiger charge is 2.18. The Hall–Kier alpha value is -1.10. The standard InChI is InChI=1S/C8H16N2O3/c1-3-9-7(12)8(13)10(4-2)5-6-11/h11H,3-6H2,1-2H3,(H,9,12). The number of rotatable bonds is 4. The van der Waals surface area contributed by atoms with Gasteiger partial charge >= 0.3 is 11.8 Å². The molecule has 0 rings (SSSR count). The average molecular weight is 188 g/mol. The Kier molecular flexibility index (Phi) is 5.88. The first-order valence-corrected chi connectivity index (χ1v) is 4.35. The average Bonchev–Trinajstić information content (AvgIpc) is 2.13. The third kappa shape index (κ3) is 3.89. The Bertz CT molecular complexity index is 182. The maximum absolute atomic E-state index is 11.3. The topological polar surface area (TPSA) is 69.6 Å². The highest BCUT2D eigenvalue weighted by atomic mass is 16.3. The van der Waals surface area contributed by atoms with Crippen LogP contribution < -0.4 is 5.32 Å². The van der Waals surface area contributed by atoms with E-state index in [-0.39, 0.29) is 13.2 Å². The number of hydrogen-bond acceptors (Lipinski definition) is 3. The summed E-state index contributed by atoms with van der Waals surface area (Å²) in [5.74, 6) is -1.20. The predicted octanol–water partition coefficient (Wildman–Crippen LogP) is -1.04. The van der Waals surface area contributed by atoms with Gasteiger partial charge in [-0.05, 0) is 13.8 Å². The Morgan fingerprint density at radius 1 is 1.38 bits per heavy atom. The molecule has 0 aliphatic heterocycles. The summed E-state index contributed by atoms with van der Waals surface area (Å²) in [6, 6.07) is 0. The van der Waals surface area contributed by atoms with Crippen molar-refractivity contribution < 1.29 is 14.7 Å². The van der Waals surface area contributed by atoms with Crippen molar-refractivity contribution in [2.45, 2.75) is 13.8 Å². The summed E-state index contributed by atoms with van der Waals surface area (Å²) in [7, 11) is 0. The quantitative estimate of drug-likeness (QED) is 0.554. The smallest absolute Gasteiger partial charge is 0.311 e. The molecule has 13 heavy (non-hydrogen) atoms. The SMILES string of the molecule is CCNC(=O)C(=O)N(CC)CCO. The first kappa shape index (κ1) is 11.9. The van der Waals surface area contributed by atoms with Crippen molar-refractivity contribution in [3.05, 3.63) is 0 Å². The second-order valence-electron chi connectivity index (χ2n) is 2.47. The molecule has 5 nitrogen and oxygen atoms in total. The van der Waals surface area contributed by atoms with E-state index in [1.807, 2.05) is 0 Å². The largest absolute Gasteiger partial charge is 0.395 e. The lowest BCUT2D eigenvalue weighted by Gasteiger charge is -2.18. The summed E-state index contributed by atoms with van der Waals surface area (Å²) in [5, 5.41) is 11.0. The molecule has 0 unspecified atom stereocenters. The van der Waals surface area contributed by atoms with Crippen LogP contribution in [-0.4, -0.2) is 48.1 Å². The second-order valence-corrected chi connectivity index (χ2v) is 2.47. The fourth-order valence-corrected chi connectivity index (χ4v) is 0.904. The van der Waals surface area contributed by atoms with Crippen molar-refractivity contribution >= 4 is 11.8 Å². The zero-order valence-corrected chi connectivity index (χ0v) is 8.04. The maximum Gasteiger partial charge on any atom is 0.311 e. The van der Waals surface area contributed by atoms with Gasteiger partial charge in [0.15, 0.2) is 0 Å². The van der Waals surface area contributed by atoms with Gasteiger partial charge < -0.3 is 15.3 Å². The molecule has 2 amide bonds. The monoisotopic (exact) mass is 188 g/mol. The van der Waals surface area contributed by atoms with Crippen LogP contribution in [0.4, 0.5) is 0 Å². The van der Waals surface area contributed by atoms with E-state index in [0.717, 1.165) is 0 Å². The van der Waals surface area contributed by atoms with E-state index in [2.05, 4.69) is 5.32 Å². The number of likely N-dealkylation sites (N-methyl/N-ethyl adjacent to an activating group) is 2. The second kappa shape index (κ2) is 6.42. The van der Waals surface area contributed by atoms with Gasteiger partial charge in [0.25, 0.3) is 0 Å². The summed E-state index contributed by atoms with van der Waals surface area (Å²) < 4.78 is 0. The lowest BCUT2D eigenvalue weighted by molar-refractivity contribution is -0.145. The number of hydrogen-bond donors (Lipinski definition) is 2. The van der Waals surface area contributed by atoms with Crippen molar-refractivity contribution in [3.63, 3.8) is 0 Å². The number of aliphatic hydroxyl groups is 1. The lowest BCUT2D eigenvalue weighted by Crippen LogP contribution is -2.43. The third-order valence-electron chi connectivity index (χ3n) is 1.57. The molecule has 76 valence electrons. The number of nitrogens with one attached hydrogen (secondary N) is 1. The molecule has 0 atom stereocenters. The molecule has 0 saturated carbocycles. The molecule has 0 radical (unpaired) electrons. The third-order valence-corrected chi connectivity index (χ3v) is 1.57. The van der Waals surface area contributed by atoms with Crippen LogP contribution in [0.15, 0.2) is 0 Å². The summed E-state index contributed by atoms with van der Waals surface area (Å²) >= 11 is 0. The number of nitrogens with zero attached hydrogens (tertiary/aromatic N) is 1. The Morgan fingerprint density at radius 3 is 2.38 bits per heavy atom. The van der Waals surface area contributed by atoms with Crippen LogP contribution in [0.3, 0.4) is 0 Å². The van der Waals surface area contributed by atoms with Gasteiger partial charge in [0, 0.05) is 19.6 Å². The van der Waals surface area contributed by atoms with Gasteiger partial charge in [0.05, 0.1) is 6.61 Å². The van der Waals surface area contributed by atoms with Crippen molar-refractivity contribution in [1.29, 1.82) is 0 Å². The molecule has 0 aromatic heterocycles. The van der Waals surface area contributed by atoms with Crippen LogP contribution in [-0.2, 0) is 9.59 Å². The van der Waals surface area contributed by atoms with Crippen LogP contribution in [0.5, 0.6) is 0 Å². The minimum Gasteiger partial charge on any atom is -0.395 e. The van der Waals surface area contributed by atoms with Gasteiger partial charge in [0.2, 0.25) is 0 Å². The van der Waals surface area contributed by atoms with Crippen LogP contribution in [0.1, 0.15) is 13.8 Å².